The molecule has 2 N–H and O–H groups in total. The summed E-state index contributed by atoms with van der Waals surface area (Å²) >= 11 is 0. The Morgan fingerprint density at radius 2 is 1.81 bits per heavy atom. The second-order valence-electron chi connectivity index (χ2n) is 5.58. The highest BCUT2D eigenvalue weighted by Crippen LogP contribution is 2.16. The van der Waals surface area contributed by atoms with E-state index in [4.69, 9.17) is 6.42 Å². The molecule has 0 aliphatic carbocycles. The van der Waals surface area contributed by atoms with E-state index in [1.54, 1.807) is 12.3 Å². The lowest BCUT2D eigenvalue weighted by Crippen LogP contribution is -2.24. The van der Waals surface area contributed by atoms with Gasteiger partial charge in [-0.05, 0) is 50.2 Å². The van der Waals surface area contributed by atoms with Crippen molar-refractivity contribution in [3.05, 3.63) is 48.2 Å². The van der Waals surface area contributed by atoms with Gasteiger partial charge in [-0.25, -0.2) is 13.4 Å². The standard InChI is InChI=1S/C19H22N4O3S/c1-4-13-21-27(25,26)17-10-7-15(8-11-17)19(24)22-16-9-12-18(20-14-16)23(5-2)6-3/h1,7-12,14,21H,5-6,13H2,2-3H3,(H,22,24). The van der Waals surface area contributed by atoms with Crippen LogP contribution in [0.1, 0.15) is 24.2 Å². The van der Waals surface area contributed by atoms with E-state index in [0.29, 0.717) is 11.3 Å². The van der Waals surface area contributed by atoms with Crippen molar-refractivity contribution in [1.29, 1.82) is 0 Å². The molecular formula is C19H22N4O3S. The van der Waals surface area contributed by atoms with E-state index in [-0.39, 0.29) is 17.3 Å². The molecule has 2 aromatic rings. The number of pyridine rings is 1. The minimum Gasteiger partial charge on any atom is -0.357 e. The number of carbonyl (C=O) groups is 1. The number of sulfonamides is 1. The Morgan fingerprint density at radius 1 is 1.15 bits per heavy atom. The van der Waals surface area contributed by atoms with Gasteiger partial charge in [0.15, 0.2) is 0 Å². The first kappa shape index (κ1) is 20.4. The van der Waals surface area contributed by atoms with Crippen LogP contribution in [0.5, 0.6) is 0 Å². The summed E-state index contributed by atoms with van der Waals surface area (Å²) < 4.78 is 26.2. The highest BCUT2D eigenvalue weighted by molar-refractivity contribution is 7.89. The molecule has 0 bridgehead atoms. The Hall–Kier alpha value is -2.89. The maximum Gasteiger partial charge on any atom is 0.255 e. The number of hydrogen-bond acceptors (Lipinski definition) is 5. The van der Waals surface area contributed by atoms with Crippen molar-refractivity contribution in [3.63, 3.8) is 0 Å². The fraction of sp³-hybridized carbons (Fsp3) is 0.263. The monoisotopic (exact) mass is 386 g/mol. The van der Waals surface area contributed by atoms with Crippen LogP contribution in [0.2, 0.25) is 0 Å². The Labute approximate surface area is 159 Å². The van der Waals surface area contributed by atoms with E-state index in [1.165, 1.54) is 24.3 Å². The van der Waals surface area contributed by atoms with Gasteiger partial charge in [-0.1, -0.05) is 5.92 Å². The quantitative estimate of drug-likeness (QED) is 0.678. The lowest BCUT2D eigenvalue weighted by Gasteiger charge is -2.19. The van der Waals surface area contributed by atoms with E-state index in [1.807, 2.05) is 19.9 Å². The minimum atomic E-state index is -3.68. The summed E-state index contributed by atoms with van der Waals surface area (Å²) in [5, 5.41) is 2.74. The Bertz CT molecular complexity index is 913. The summed E-state index contributed by atoms with van der Waals surface area (Å²) in [5.41, 5.74) is 0.891. The Balaban J connectivity index is 2.07. The molecule has 2 rings (SSSR count). The third kappa shape index (κ3) is 5.29. The number of carbonyl (C=O) groups excluding carboxylic acids is 1. The highest BCUT2D eigenvalue weighted by atomic mass is 32.2. The number of anilines is 2. The first-order valence-electron chi connectivity index (χ1n) is 8.46. The molecule has 142 valence electrons. The van der Waals surface area contributed by atoms with Crippen LogP contribution in [0.25, 0.3) is 0 Å². The summed E-state index contributed by atoms with van der Waals surface area (Å²) in [5.74, 6) is 2.69. The van der Waals surface area contributed by atoms with Crippen LogP contribution in [0, 0.1) is 12.3 Å². The third-order valence-electron chi connectivity index (χ3n) is 3.88. The van der Waals surface area contributed by atoms with Crippen molar-refractivity contribution >= 4 is 27.4 Å². The molecule has 0 aliphatic heterocycles. The van der Waals surface area contributed by atoms with Crippen molar-refractivity contribution in [2.24, 2.45) is 0 Å². The maximum atomic E-state index is 12.3. The molecule has 0 saturated heterocycles. The summed E-state index contributed by atoms with van der Waals surface area (Å²) in [6, 6.07) is 9.22. The number of aromatic nitrogens is 1. The average molecular weight is 386 g/mol. The fourth-order valence-corrected chi connectivity index (χ4v) is 3.34. The molecule has 0 atom stereocenters. The predicted molar refractivity (Wildman–Crippen MR) is 106 cm³/mol. The van der Waals surface area contributed by atoms with Gasteiger partial charge < -0.3 is 10.2 Å². The molecule has 1 heterocycles. The summed E-state index contributed by atoms with van der Waals surface area (Å²) in [6.07, 6.45) is 6.65. The number of rotatable bonds is 8. The normalized spacial score (nSPS) is 10.9. The molecule has 0 radical (unpaired) electrons. The van der Waals surface area contributed by atoms with Crippen LogP contribution in [0.4, 0.5) is 11.5 Å². The van der Waals surface area contributed by atoms with Gasteiger partial charge in [0.1, 0.15) is 5.82 Å². The Morgan fingerprint density at radius 3 is 2.33 bits per heavy atom. The molecule has 0 spiro atoms. The van der Waals surface area contributed by atoms with E-state index in [2.05, 4.69) is 25.8 Å². The molecule has 0 unspecified atom stereocenters. The third-order valence-corrected chi connectivity index (χ3v) is 5.30. The number of hydrogen-bond donors (Lipinski definition) is 2. The minimum absolute atomic E-state index is 0.0412. The molecule has 0 saturated carbocycles. The highest BCUT2D eigenvalue weighted by Gasteiger charge is 2.14. The zero-order valence-corrected chi connectivity index (χ0v) is 16.1. The zero-order valence-electron chi connectivity index (χ0n) is 15.3. The number of amides is 1. The second-order valence-corrected chi connectivity index (χ2v) is 7.35. The molecule has 0 aliphatic rings. The van der Waals surface area contributed by atoms with E-state index in [0.717, 1.165) is 18.9 Å². The summed E-state index contributed by atoms with van der Waals surface area (Å²) in [6.45, 7) is 5.70. The first-order valence-corrected chi connectivity index (χ1v) is 9.95. The van der Waals surface area contributed by atoms with E-state index < -0.39 is 10.0 Å². The molecule has 8 heteroatoms. The van der Waals surface area contributed by atoms with Gasteiger partial charge in [-0.3, -0.25) is 4.79 Å². The molecule has 1 amide bonds. The van der Waals surface area contributed by atoms with Crippen LogP contribution in [0.3, 0.4) is 0 Å². The second kappa shape index (κ2) is 9.16. The molecule has 7 nitrogen and oxygen atoms in total. The van der Waals surface area contributed by atoms with Crippen LogP contribution < -0.4 is 14.9 Å². The van der Waals surface area contributed by atoms with Crippen LogP contribution >= 0.6 is 0 Å². The van der Waals surface area contributed by atoms with E-state index in [9.17, 15) is 13.2 Å². The largest absolute Gasteiger partial charge is 0.357 e. The van der Waals surface area contributed by atoms with Gasteiger partial charge in [0.05, 0.1) is 23.3 Å². The fourth-order valence-electron chi connectivity index (χ4n) is 2.40. The smallest absolute Gasteiger partial charge is 0.255 e. The SMILES string of the molecule is C#CCNS(=O)(=O)c1ccc(C(=O)Nc2ccc(N(CC)CC)nc2)cc1. The summed E-state index contributed by atoms with van der Waals surface area (Å²) in [7, 11) is -3.68. The van der Waals surface area contributed by atoms with Crippen LogP contribution in [0.15, 0.2) is 47.5 Å². The molecule has 1 aromatic carbocycles. The topological polar surface area (TPSA) is 91.4 Å². The number of benzene rings is 1. The lowest BCUT2D eigenvalue weighted by atomic mass is 10.2. The van der Waals surface area contributed by atoms with Gasteiger partial charge >= 0.3 is 0 Å². The predicted octanol–water partition coefficient (Wildman–Crippen LogP) is 2.09. The van der Waals surface area contributed by atoms with Crippen molar-refractivity contribution in [2.75, 3.05) is 29.9 Å². The maximum absolute atomic E-state index is 12.3. The van der Waals surface area contributed by atoms with Gasteiger partial charge in [-0.15, -0.1) is 6.42 Å². The molecular weight excluding hydrogens is 364 g/mol. The van der Waals surface area contributed by atoms with Crippen LogP contribution in [-0.4, -0.2) is 38.9 Å². The van der Waals surface area contributed by atoms with Gasteiger partial charge in [0, 0.05) is 18.7 Å². The number of nitrogens with one attached hydrogen (secondary N) is 2. The number of nitrogens with zero attached hydrogens (tertiary/aromatic N) is 2. The zero-order chi connectivity index (χ0) is 19.9. The number of terminal acetylenes is 1. The Kier molecular flexibility index (Phi) is 6.93. The van der Waals surface area contributed by atoms with E-state index >= 15 is 0 Å². The van der Waals surface area contributed by atoms with Gasteiger partial charge in [0.25, 0.3) is 5.91 Å². The van der Waals surface area contributed by atoms with Crippen molar-refractivity contribution < 1.29 is 13.2 Å². The van der Waals surface area contributed by atoms with Crippen molar-refractivity contribution in [2.45, 2.75) is 18.7 Å². The molecule has 27 heavy (non-hydrogen) atoms. The first-order chi connectivity index (χ1) is 12.9. The van der Waals surface area contributed by atoms with Crippen molar-refractivity contribution in [1.82, 2.24) is 9.71 Å². The van der Waals surface area contributed by atoms with Crippen molar-refractivity contribution in [3.8, 4) is 12.3 Å². The van der Waals surface area contributed by atoms with Gasteiger partial charge in [-0.2, -0.15) is 4.72 Å². The average Bonchev–Trinajstić information content (AvgIpc) is 2.68. The molecule has 1 aromatic heterocycles. The lowest BCUT2D eigenvalue weighted by molar-refractivity contribution is 0.102. The van der Waals surface area contributed by atoms with Crippen LogP contribution in [-0.2, 0) is 10.0 Å². The summed E-state index contributed by atoms with van der Waals surface area (Å²) in [4.78, 5) is 18.8. The van der Waals surface area contributed by atoms with Gasteiger partial charge in [0.2, 0.25) is 10.0 Å². The molecule has 0 fully saturated rings.